The molecule has 0 spiro atoms. The topological polar surface area (TPSA) is 40.5 Å². The van der Waals surface area contributed by atoms with E-state index in [4.69, 9.17) is 11.6 Å². The van der Waals surface area contributed by atoms with E-state index in [0.717, 1.165) is 50.2 Å². The van der Waals surface area contributed by atoms with Crippen molar-refractivity contribution in [1.82, 2.24) is 4.90 Å². The zero-order valence-corrected chi connectivity index (χ0v) is 16.8. The van der Waals surface area contributed by atoms with E-state index in [1.54, 1.807) is 0 Å². The van der Waals surface area contributed by atoms with Crippen molar-refractivity contribution in [2.24, 2.45) is 5.92 Å². The van der Waals surface area contributed by atoms with Crippen LogP contribution in [-0.4, -0.2) is 35.6 Å². The number of aliphatic carboxylic acids is 1. The number of halogens is 1. The summed E-state index contributed by atoms with van der Waals surface area (Å²) in [6, 6.07) is 14.9. The van der Waals surface area contributed by atoms with Crippen LogP contribution in [0.15, 0.2) is 48.5 Å². The van der Waals surface area contributed by atoms with Gasteiger partial charge in [0.15, 0.2) is 0 Å². The Kier molecular flexibility index (Phi) is 5.84. The number of rotatable bonds is 4. The zero-order chi connectivity index (χ0) is 19.5. The van der Waals surface area contributed by atoms with Crippen molar-refractivity contribution in [2.45, 2.75) is 32.1 Å². The van der Waals surface area contributed by atoms with Crippen LogP contribution < -0.4 is 0 Å². The lowest BCUT2D eigenvalue weighted by atomic mass is 9.93. The molecule has 0 amide bonds. The van der Waals surface area contributed by atoms with Crippen LogP contribution >= 0.6 is 11.6 Å². The molecule has 28 heavy (non-hydrogen) atoms. The lowest BCUT2D eigenvalue weighted by molar-refractivity contribution is -0.143. The van der Waals surface area contributed by atoms with Crippen LogP contribution in [0.25, 0.3) is 5.57 Å². The molecule has 2 aliphatic rings. The Morgan fingerprint density at radius 2 is 1.93 bits per heavy atom. The van der Waals surface area contributed by atoms with Gasteiger partial charge in [-0.05, 0) is 78.6 Å². The fraction of sp³-hybridized carbons (Fsp3) is 0.375. The van der Waals surface area contributed by atoms with E-state index in [0.29, 0.717) is 6.54 Å². The molecule has 0 radical (unpaired) electrons. The summed E-state index contributed by atoms with van der Waals surface area (Å²) in [6.45, 7) is 2.56. The van der Waals surface area contributed by atoms with Gasteiger partial charge in [0.25, 0.3) is 0 Å². The Morgan fingerprint density at radius 3 is 2.79 bits per heavy atom. The molecule has 1 N–H and O–H groups in total. The Balaban J connectivity index is 1.58. The highest BCUT2D eigenvalue weighted by atomic mass is 35.5. The van der Waals surface area contributed by atoms with Crippen LogP contribution in [0.5, 0.6) is 0 Å². The van der Waals surface area contributed by atoms with E-state index in [9.17, 15) is 9.90 Å². The van der Waals surface area contributed by atoms with Crippen LogP contribution in [0.3, 0.4) is 0 Å². The fourth-order valence-corrected chi connectivity index (χ4v) is 4.71. The molecule has 4 rings (SSSR count). The van der Waals surface area contributed by atoms with Crippen molar-refractivity contribution >= 4 is 23.1 Å². The Morgan fingerprint density at radius 1 is 1.14 bits per heavy atom. The Bertz CT molecular complexity index is 905. The highest BCUT2D eigenvalue weighted by Crippen LogP contribution is 2.35. The number of fused-ring (bicyclic) bond motifs is 2. The molecule has 1 fully saturated rings. The molecular formula is C24H26ClNO2. The molecule has 1 atom stereocenters. The summed E-state index contributed by atoms with van der Waals surface area (Å²) in [6.07, 6.45) is 7.04. The number of piperidine rings is 1. The van der Waals surface area contributed by atoms with Crippen LogP contribution in [0.2, 0.25) is 5.02 Å². The first kappa shape index (κ1) is 19.2. The number of nitrogens with zero attached hydrogens (tertiary/aromatic N) is 1. The van der Waals surface area contributed by atoms with E-state index in [-0.39, 0.29) is 5.92 Å². The van der Waals surface area contributed by atoms with Crippen LogP contribution in [0.1, 0.15) is 41.5 Å². The fourth-order valence-electron chi connectivity index (χ4n) is 4.52. The largest absolute Gasteiger partial charge is 0.481 e. The maximum absolute atomic E-state index is 11.3. The van der Waals surface area contributed by atoms with Crippen molar-refractivity contribution in [3.05, 3.63) is 75.8 Å². The van der Waals surface area contributed by atoms with E-state index in [1.165, 1.54) is 27.8 Å². The molecule has 2 aromatic carbocycles. The SMILES string of the molecule is O=C(O)[C@@H]1CCCN(CCC=C2c3ccccc3CCc3cc(Cl)ccc32)C1. The molecule has 2 aromatic rings. The summed E-state index contributed by atoms with van der Waals surface area (Å²) >= 11 is 6.26. The molecule has 1 aliphatic heterocycles. The zero-order valence-electron chi connectivity index (χ0n) is 16.0. The van der Waals surface area contributed by atoms with Crippen molar-refractivity contribution in [3.8, 4) is 0 Å². The minimum absolute atomic E-state index is 0.220. The molecule has 3 nitrogen and oxygen atoms in total. The number of hydrogen-bond donors (Lipinski definition) is 1. The monoisotopic (exact) mass is 395 g/mol. The average molecular weight is 396 g/mol. The van der Waals surface area contributed by atoms with Crippen molar-refractivity contribution in [1.29, 1.82) is 0 Å². The molecule has 0 aromatic heterocycles. The van der Waals surface area contributed by atoms with Crippen molar-refractivity contribution in [2.75, 3.05) is 19.6 Å². The van der Waals surface area contributed by atoms with Gasteiger partial charge >= 0.3 is 5.97 Å². The van der Waals surface area contributed by atoms with Gasteiger partial charge in [0.1, 0.15) is 0 Å². The van der Waals surface area contributed by atoms with Gasteiger partial charge in [0, 0.05) is 18.1 Å². The van der Waals surface area contributed by atoms with Gasteiger partial charge in [-0.3, -0.25) is 4.79 Å². The van der Waals surface area contributed by atoms with E-state index < -0.39 is 5.97 Å². The Labute approximate surface area is 171 Å². The molecule has 146 valence electrons. The maximum atomic E-state index is 11.3. The van der Waals surface area contributed by atoms with Crippen molar-refractivity contribution in [3.63, 3.8) is 0 Å². The smallest absolute Gasteiger partial charge is 0.307 e. The lowest BCUT2D eigenvalue weighted by Gasteiger charge is -2.30. The third-order valence-electron chi connectivity index (χ3n) is 5.98. The quantitative estimate of drug-likeness (QED) is 0.786. The standard InChI is InChI=1S/C24H26ClNO2/c25-20-11-12-22-18(15-20)10-9-17-5-1-2-7-21(17)23(22)8-4-14-26-13-3-6-19(16-26)24(27)28/h1-2,5,7-8,11-12,15,19H,3-4,6,9-10,13-14,16H2,(H,27,28)/t19-/m1/s1. The predicted octanol–water partition coefficient (Wildman–Crippen LogP) is 5.06. The first-order valence-corrected chi connectivity index (χ1v) is 10.5. The summed E-state index contributed by atoms with van der Waals surface area (Å²) in [5, 5.41) is 10.1. The number of benzene rings is 2. The molecule has 0 saturated carbocycles. The number of carbonyl (C=O) groups is 1. The molecular weight excluding hydrogens is 370 g/mol. The second kappa shape index (κ2) is 8.50. The van der Waals surface area contributed by atoms with Crippen LogP contribution in [0, 0.1) is 5.92 Å². The van der Waals surface area contributed by atoms with Crippen LogP contribution in [-0.2, 0) is 17.6 Å². The second-order valence-corrected chi connectivity index (χ2v) is 8.28. The highest BCUT2D eigenvalue weighted by molar-refractivity contribution is 6.30. The van der Waals surface area contributed by atoms with Gasteiger partial charge in [-0.15, -0.1) is 0 Å². The summed E-state index contributed by atoms with van der Waals surface area (Å²) in [5.41, 5.74) is 6.55. The van der Waals surface area contributed by atoms with E-state index in [1.807, 2.05) is 6.07 Å². The molecule has 1 saturated heterocycles. The number of carboxylic acids is 1. The maximum Gasteiger partial charge on any atom is 0.307 e. The Hall–Kier alpha value is -2.10. The number of aryl methyl sites for hydroxylation is 2. The molecule has 1 aliphatic carbocycles. The third-order valence-corrected chi connectivity index (χ3v) is 6.21. The highest BCUT2D eigenvalue weighted by Gasteiger charge is 2.25. The van der Waals surface area contributed by atoms with Gasteiger partial charge in [-0.25, -0.2) is 0 Å². The third kappa shape index (κ3) is 4.16. The van der Waals surface area contributed by atoms with E-state index >= 15 is 0 Å². The first-order chi connectivity index (χ1) is 13.6. The number of hydrogen-bond acceptors (Lipinski definition) is 2. The lowest BCUT2D eigenvalue weighted by Crippen LogP contribution is -2.39. The minimum atomic E-state index is -0.661. The molecule has 0 unspecified atom stereocenters. The molecule has 4 heteroatoms. The van der Waals surface area contributed by atoms with Crippen LogP contribution in [0.4, 0.5) is 0 Å². The summed E-state index contributed by atoms with van der Waals surface area (Å²) < 4.78 is 0. The first-order valence-electron chi connectivity index (χ1n) is 10.1. The van der Waals surface area contributed by atoms with Gasteiger partial charge in [0.2, 0.25) is 0 Å². The number of likely N-dealkylation sites (tertiary alicyclic amines) is 1. The second-order valence-electron chi connectivity index (χ2n) is 7.84. The average Bonchev–Trinajstić information content (AvgIpc) is 2.85. The van der Waals surface area contributed by atoms with E-state index in [2.05, 4.69) is 47.4 Å². The van der Waals surface area contributed by atoms with Gasteiger partial charge in [-0.1, -0.05) is 48.0 Å². The van der Waals surface area contributed by atoms with Crippen molar-refractivity contribution < 1.29 is 9.90 Å². The predicted molar refractivity (Wildman–Crippen MR) is 114 cm³/mol. The molecule has 1 heterocycles. The minimum Gasteiger partial charge on any atom is -0.481 e. The normalized spacial score (nSPS) is 21.0. The summed E-state index contributed by atoms with van der Waals surface area (Å²) in [7, 11) is 0. The number of carboxylic acid groups (broad SMARTS) is 1. The summed E-state index contributed by atoms with van der Waals surface area (Å²) in [5.74, 6) is -0.880. The van der Waals surface area contributed by atoms with Gasteiger partial charge in [0.05, 0.1) is 5.92 Å². The molecule has 0 bridgehead atoms. The summed E-state index contributed by atoms with van der Waals surface area (Å²) in [4.78, 5) is 13.6. The van der Waals surface area contributed by atoms with Gasteiger partial charge in [-0.2, -0.15) is 0 Å². The van der Waals surface area contributed by atoms with Gasteiger partial charge < -0.3 is 10.0 Å².